The van der Waals surface area contributed by atoms with Crippen molar-refractivity contribution in [3.8, 4) is 11.5 Å². The number of nitrogens with one attached hydrogen (secondary N) is 1. The monoisotopic (exact) mass is 305 g/mol. The molecule has 2 rings (SSSR count). The van der Waals surface area contributed by atoms with Crippen LogP contribution in [0.4, 0.5) is 0 Å². The second-order valence-corrected chi connectivity index (χ2v) is 5.26. The van der Waals surface area contributed by atoms with Gasteiger partial charge in [-0.25, -0.2) is 0 Å². The average molecular weight is 306 g/mol. The molecule has 0 aromatic heterocycles. The zero-order chi connectivity index (χ0) is 15.1. The van der Waals surface area contributed by atoms with E-state index < -0.39 is 0 Å². The predicted octanol–water partition coefficient (Wildman–Crippen LogP) is 4.18. The highest BCUT2D eigenvalue weighted by Gasteiger charge is 2.03. The maximum absolute atomic E-state index is 6.16. The first-order valence-corrected chi connectivity index (χ1v) is 7.29. The van der Waals surface area contributed by atoms with E-state index in [1.165, 1.54) is 5.56 Å². The van der Waals surface area contributed by atoms with Gasteiger partial charge < -0.3 is 14.8 Å². The molecule has 0 bridgehead atoms. The molecule has 112 valence electrons. The molecule has 0 unspecified atom stereocenters. The molecule has 0 amide bonds. The van der Waals surface area contributed by atoms with Crippen molar-refractivity contribution in [2.45, 2.75) is 13.5 Å². The molecule has 0 radical (unpaired) electrons. The first-order valence-electron chi connectivity index (χ1n) is 6.91. The SMILES string of the molecule is COCCNCc1ccc(Oc2ccc(C)cc2Cl)cc1. The average Bonchev–Trinajstić information content (AvgIpc) is 2.48. The van der Waals surface area contributed by atoms with E-state index in [4.69, 9.17) is 21.1 Å². The minimum absolute atomic E-state index is 0.625. The third-order valence-corrected chi connectivity index (χ3v) is 3.35. The Hall–Kier alpha value is -1.55. The van der Waals surface area contributed by atoms with Crippen molar-refractivity contribution in [3.63, 3.8) is 0 Å². The van der Waals surface area contributed by atoms with Crippen molar-refractivity contribution in [1.29, 1.82) is 0 Å². The van der Waals surface area contributed by atoms with E-state index in [9.17, 15) is 0 Å². The Balaban J connectivity index is 1.92. The van der Waals surface area contributed by atoms with E-state index in [0.29, 0.717) is 17.4 Å². The summed E-state index contributed by atoms with van der Waals surface area (Å²) in [5, 5.41) is 3.93. The first kappa shape index (κ1) is 15.8. The summed E-state index contributed by atoms with van der Waals surface area (Å²) in [5.41, 5.74) is 2.32. The van der Waals surface area contributed by atoms with Crippen LogP contribution in [-0.2, 0) is 11.3 Å². The molecular weight excluding hydrogens is 286 g/mol. The van der Waals surface area contributed by atoms with Crippen molar-refractivity contribution < 1.29 is 9.47 Å². The summed E-state index contributed by atoms with van der Waals surface area (Å²) in [7, 11) is 1.70. The predicted molar refractivity (Wildman–Crippen MR) is 86.3 cm³/mol. The molecule has 0 aliphatic carbocycles. The Kier molecular flexibility index (Phi) is 6.05. The molecular formula is C17H20ClNO2. The third-order valence-electron chi connectivity index (χ3n) is 3.05. The largest absolute Gasteiger partial charge is 0.456 e. The van der Waals surface area contributed by atoms with E-state index in [0.717, 1.165) is 24.4 Å². The molecule has 2 aromatic carbocycles. The van der Waals surface area contributed by atoms with Crippen LogP contribution in [-0.4, -0.2) is 20.3 Å². The highest BCUT2D eigenvalue weighted by Crippen LogP contribution is 2.30. The van der Waals surface area contributed by atoms with Gasteiger partial charge in [0.05, 0.1) is 11.6 Å². The van der Waals surface area contributed by atoms with Gasteiger partial charge >= 0.3 is 0 Å². The Morgan fingerprint density at radius 1 is 1.10 bits per heavy atom. The van der Waals surface area contributed by atoms with Crippen LogP contribution in [0.5, 0.6) is 11.5 Å². The van der Waals surface area contributed by atoms with Crippen LogP contribution in [0.2, 0.25) is 5.02 Å². The minimum Gasteiger partial charge on any atom is -0.456 e. The number of hydrogen-bond donors (Lipinski definition) is 1. The lowest BCUT2D eigenvalue weighted by molar-refractivity contribution is 0.199. The number of benzene rings is 2. The first-order chi connectivity index (χ1) is 10.2. The number of aryl methyl sites for hydroxylation is 1. The second-order valence-electron chi connectivity index (χ2n) is 4.85. The summed E-state index contributed by atoms with van der Waals surface area (Å²) in [6.07, 6.45) is 0. The van der Waals surface area contributed by atoms with Gasteiger partial charge in [0, 0.05) is 20.2 Å². The molecule has 0 heterocycles. The quantitative estimate of drug-likeness (QED) is 0.779. The summed E-state index contributed by atoms with van der Waals surface area (Å²) < 4.78 is 10.8. The van der Waals surface area contributed by atoms with Crippen molar-refractivity contribution in [1.82, 2.24) is 5.32 Å². The maximum atomic E-state index is 6.16. The van der Waals surface area contributed by atoms with Gasteiger partial charge in [0.1, 0.15) is 11.5 Å². The number of hydrogen-bond acceptors (Lipinski definition) is 3. The molecule has 2 aromatic rings. The second kappa shape index (κ2) is 8.03. The molecule has 0 aliphatic rings. The number of halogens is 1. The normalized spacial score (nSPS) is 10.6. The van der Waals surface area contributed by atoms with Crippen LogP contribution in [0, 0.1) is 6.92 Å². The Bertz CT molecular complexity index is 570. The zero-order valence-electron chi connectivity index (χ0n) is 12.4. The van der Waals surface area contributed by atoms with Crippen molar-refractivity contribution in [3.05, 3.63) is 58.6 Å². The summed E-state index contributed by atoms with van der Waals surface area (Å²) in [6, 6.07) is 13.7. The molecule has 0 spiro atoms. The van der Waals surface area contributed by atoms with Gasteiger partial charge in [-0.2, -0.15) is 0 Å². The molecule has 0 saturated carbocycles. The van der Waals surface area contributed by atoms with Crippen LogP contribution in [0.1, 0.15) is 11.1 Å². The lowest BCUT2D eigenvalue weighted by Crippen LogP contribution is -2.18. The van der Waals surface area contributed by atoms with E-state index >= 15 is 0 Å². The molecule has 0 atom stereocenters. The van der Waals surface area contributed by atoms with E-state index in [-0.39, 0.29) is 0 Å². The Labute approximate surface area is 130 Å². The van der Waals surface area contributed by atoms with Gasteiger partial charge in [-0.3, -0.25) is 0 Å². The molecule has 4 heteroatoms. The van der Waals surface area contributed by atoms with E-state index in [1.54, 1.807) is 7.11 Å². The van der Waals surface area contributed by atoms with E-state index in [2.05, 4.69) is 5.32 Å². The molecule has 0 saturated heterocycles. The Morgan fingerprint density at radius 3 is 2.52 bits per heavy atom. The maximum Gasteiger partial charge on any atom is 0.146 e. The summed E-state index contributed by atoms with van der Waals surface area (Å²) in [6.45, 7) is 4.37. The third kappa shape index (κ3) is 5.05. The number of ether oxygens (including phenoxy) is 2. The van der Waals surface area contributed by atoms with Gasteiger partial charge in [0.15, 0.2) is 0 Å². The van der Waals surface area contributed by atoms with Crippen LogP contribution in [0.25, 0.3) is 0 Å². The van der Waals surface area contributed by atoms with Crippen LogP contribution in [0.15, 0.2) is 42.5 Å². The molecule has 21 heavy (non-hydrogen) atoms. The Morgan fingerprint density at radius 2 is 1.86 bits per heavy atom. The van der Waals surface area contributed by atoms with Crippen molar-refractivity contribution in [2.75, 3.05) is 20.3 Å². The van der Waals surface area contributed by atoms with E-state index in [1.807, 2.05) is 49.4 Å². The highest BCUT2D eigenvalue weighted by molar-refractivity contribution is 6.32. The smallest absolute Gasteiger partial charge is 0.146 e. The summed E-state index contributed by atoms with van der Waals surface area (Å²) in [5.74, 6) is 1.45. The topological polar surface area (TPSA) is 30.5 Å². The lowest BCUT2D eigenvalue weighted by atomic mass is 10.2. The van der Waals surface area contributed by atoms with Crippen LogP contribution >= 0.6 is 11.6 Å². The molecule has 1 N–H and O–H groups in total. The molecule has 3 nitrogen and oxygen atoms in total. The molecule has 0 aliphatic heterocycles. The van der Waals surface area contributed by atoms with Gasteiger partial charge in [0.25, 0.3) is 0 Å². The fraction of sp³-hybridized carbons (Fsp3) is 0.294. The fourth-order valence-corrected chi connectivity index (χ4v) is 2.17. The highest BCUT2D eigenvalue weighted by atomic mass is 35.5. The van der Waals surface area contributed by atoms with Gasteiger partial charge in [0.2, 0.25) is 0 Å². The lowest BCUT2D eigenvalue weighted by Gasteiger charge is -2.09. The van der Waals surface area contributed by atoms with Crippen molar-refractivity contribution >= 4 is 11.6 Å². The van der Waals surface area contributed by atoms with Crippen molar-refractivity contribution in [2.24, 2.45) is 0 Å². The standard InChI is InChI=1S/C17H20ClNO2/c1-13-3-8-17(16(18)11-13)21-15-6-4-14(5-7-15)12-19-9-10-20-2/h3-8,11,19H,9-10,12H2,1-2H3. The zero-order valence-corrected chi connectivity index (χ0v) is 13.1. The number of methoxy groups -OCH3 is 1. The summed E-state index contributed by atoms with van der Waals surface area (Å²) in [4.78, 5) is 0. The van der Waals surface area contributed by atoms with Gasteiger partial charge in [-0.15, -0.1) is 0 Å². The van der Waals surface area contributed by atoms with Crippen LogP contribution in [0.3, 0.4) is 0 Å². The van der Waals surface area contributed by atoms with Gasteiger partial charge in [-0.05, 0) is 42.3 Å². The molecule has 0 fully saturated rings. The fourth-order valence-electron chi connectivity index (χ4n) is 1.90. The minimum atomic E-state index is 0.625. The van der Waals surface area contributed by atoms with Crippen LogP contribution < -0.4 is 10.1 Å². The van der Waals surface area contributed by atoms with Gasteiger partial charge in [-0.1, -0.05) is 29.8 Å². The number of rotatable bonds is 7. The summed E-state index contributed by atoms with van der Waals surface area (Å²) >= 11 is 6.16.